The third kappa shape index (κ3) is 4.99. The minimum Gasteiger partial charge on any atom is -0.316 e. The first-order chi connectivity index (χ1) is 14.3. The van der Waals surface area contributed by atoms with Crippen molar-refractivity contribution in [2.45, 2.75) is 37.8 Å². The highest BCUT2D eigenvalue weighted by Crippen LogP contribution is 2.30. The number of para-hydroxylation sites is 1. The van der Waals surface area contributed by atoms with E-state index in [2.05, 4.69) is 57.0 Å². The van der Waals surface area contributed by atoms with Crippen LogP contribution in [0.3, 0.4) is 0 Å². The Labute approximate surface area is 194 Å². The molecule has 3 aromatic rings. The first-order valence-electron chi connectivity index (χ1n) is 9.48. The second kappa shape index (κ2) is 9.86. The van der Waals surface area contributed by atoms with Gasteiger partial charge < -0.3 is 4.57 Å². The van der Waals surface area contributed by atoms with Gasteiger partial charge in [-0.1, -0.05) is 29.8 Å². The van der Waals surface area contributed by atoms with Crippen molar-refractivity contribution in [3.63, 3.8) is 0 Å². The smallest absolute Gasteiger partial charge is 0.253 e. The normalized spacial score (nSPS) is 12.3. The molecule has 1 heterocycles. The number of thioether (sulfide) groups is 1. The predicted octanol–water partition coefficient (Wildman–Crippen LogP) is 6.45. The first kappa shape index (κ1) is 22.7. The minimum absolute atomic E-state index is 0.157. The maximum Gasteiger partial charge on any atom is 0.253 e. The Balaban J connectivity index is 1.73. The molecule has 3 rings (SSSR count). The number of hydrazone groups is 1. The van der Waals surface area contributed by atoms with Gasteiger partial charge in [-0.3, -0.25) is 4.79 Å². The molecule has 4 nitrogen and oxygen atoms in total. The number of aromatic nitrogens is 1. The summed E-state index contributed by atoms with van der Waals surface area (Å²) < 4.78 is 3.16. The molecule has 0 fully saturated rings. The van der Waals surface area contributed by atoms with Gasteiger partial charge in [-0.25, -0.2) is 5.43 Å². The van der Waals surface area contributed by atoms with E-state index in [1.807, 2.05) is 50.2 Å². The molecule has 0 saturated heterocycles. The van der Waals surface area contributed by atoms with Crippen LogP contribution < -0.4 is 5.43 Å². The van der Waals surface area contributed by atoms with Gasteiger partial charge in [-0.15, -0.1) is 11.8 Å². The van der Waals surface area contributed by atoms with E-state index in [0.29, 0.717) is 5.02 Å². The average molecular weight is 505 g/mol. The largest absolute Gasteiger partial charge is 0.316 e. The molecule has 2 aromatic carbocycles. The zero-order chi connectivity index (χ0) is 21.8. The van der Waals surface area contributed by atoms with E-state index < -0.39 is 0 Å². The fraction of sp³-hybridized carbons (Fsp3) is 0.217. The molecule has 0 radical (unpaired) electrons. The highest BCUT2D eigenvalue weighted by Gasteiger charge is 2.17. The molecular weight excluding hydrogens is 482 g/mol. The number of carbonyl (C=O) groups excluding carboxylic acids is 1. The van der Waals surface area contributed by atoms with Crippen molar-refractivity contribution in [3.05, 3.63) is 80.5 Å². The van der Waals surface area contributed by atoms with Crippen LogP contribution in [0, 0.1) is 20.8 Å². The van der Waals surface area contributed by atoms with Crippen molar-refractivity contribution in [1.29, 1.82) is 0 Å². The molecule has 156 valence electrons. The van der Waals surface area contributed by atoms with E-state index in [4.69, 9.17) is 11.6 Å². The van der Waals surface area contributed by atoms with Crippen molar-refractivity contribution in [1.82, 2.24) is 9.99 Å². The standard InChI is InChI=1S/C23H23BrClN3OS/c1-14-7-5-6-8-21(14)28-15(2)20(22(24)16(28)3)13-26-27-23(29)17(4)30-19-11-9-18(25)10-12-19/h5-13,17H,1-4H3,(H,27,29)/b26-13-/t17-/m1/s1. The molecule has 0 aliphatic carbocycles. The second-order valence-electron chi connectivity index (χ2n) is 6.97. The van der Waals surface area contributed by atoms with E-state index in [9.17, 15) is 4.79 Å². The molecule has 0 unspecified atom stereocenters. The summed E-state index contributed by atoms with van der Waals surface area (Å²) >= 11 is 11.1. The monoisotopic (exact) mass is 503 g/mol. The Hall–Kier alpha value is -2.02. The topological polar surface area (TPSA) is 46.4 Å². The van der Waals surface area contributed by atoms with Gasteiger partial charge in [0.25, 0.3) is 5.91 Å². The Morgan fingerprint density at radius 3 is 2.47 bits per heavy atom. The molecule has 30 heavy (non-hydrogen) atoms. The number of hydrogen-bond donors (Lipinski definition) is 1. The Kier molecular flexibility index (Phi) is 7.45. The molecular formula is C23H23BrClN3OS. The predicted molar refractivity (Wildman–Crippen MR) is 130 cm³/mol. The third-order valence-corrected chi connectivity index (χ3v) is 7.20. The number of aryl methyl sites for hydroxylation is 1. The number of benzene rings is 2. The number of hydrogen-bond acceptors (Lipinski definition) is 3. The van der Waals surface area contributed by atoms with Crippen molar-refractivity contribution in [2.24, 2.45) is 5.10 Å². The summed E-state index contributed by atoms with van der Waals surface area (Å²) in [4.78, 5) is 13.4. The van der Waals surface area contributed by atoms with Gasteiger partial charge in [-0.2, -0.15) is 5.10 Å². The van der Waals surface area contributed by atoms with Crippen LogP contribution in [0.5, 0.6) is 0 Å². The molecule has 7 heteroatoms. The highest BCUT2D eigenvalue weighted by atomic mass is 79.9. The van der Waals surface area contributed by atoms with Crippen LogP contribution >= 0.6 is 39.3 Å². The fourth-order valence-corrected chi connectivity index (χ4v) is 4.73. The van der Waals surface area contributed by atoms with E-state index >= 15 is 0 Å². The van der Waals surface area contributed by atoms with Crippen LogP contribution in [0.2, 0.25) is 5.02 Å². The van der Waals surface area contributed by atoms with Crippen LogP contribution in [0.15, 0.2) is 63.0 Å². The summed E-state index contributed by atoms with van der Waals surface area (Å²) in [7, 11) is 0. The van der Waals surface area contributed by atoms with E-state index in [-0.39, 0.29) is 11.2 Å². The third-order valence-electron chi connectivity index (χ3n) is 4.84. The van der Waals surface area contributed by atoms with E-state index in [1.54, 1.807) is 6.21 Å². The molecule has 0 aliphatic heterocycles. The Morgan fingerprint density at radius 2 is 1.80 bits per heavy atom. The molecule has 0 spiro atoms. The molecule has 1 amide bonds. The number of nitrogens with one attached hydrogen (secondary N) is 1. The number of carbonyl (C=O) groups is 1. The van der Waals surface area contributed by atoms with Gasteiger partial charge in [-0.05, 0) is 79.5 Å². The van der Waals surface area contributed by atoms with Crippen molar-refractivity contribution in [3.8, 4) is 5.69 Å². The van der Waals surface area contributed by atoms with Crippen molar-refractivity contribution >= 4 is 51.4 Å². The lowest BCUT2D eigenvalue weighted by Gasteiger charge is -2.12. The van der Waals surface area contributed by atoms with Gasteiger partial charge in [0.1, 0.15) is 0 Å². The Morgan fingerprint density at radius 1 is 1.13 bits per heavy atom. The molecule has 1 N–H and O–H groups in total. The lowest BCUT2D eigenvalue weighted by molar-refractivity contribution is -0.120. The average Bonchev–Trinajstić information content (AvgIpc) is 2.93. The molecule has 1 atom stereocenters. The summed E-state index contributed by atoms with van der Waals surface area (Å²) in [6, 6.07) is 15.7. The summed E-state index contributed by atoms with van der Waals surface area (Å²) in [5.41, 5.74) is 8.05. The fourth-order valence-electron chi connectivity index (χ4n) is 3.17. The van der Waals surface area contributed by atoms with Crippen LogP contribution in [-0.2, 0) is 4.79 Å². The molecule has 0 saturated carbocycles. The summed E-state index contributed by atoms with van der Waals surface area (Å²) in [5.74, 6) is -0.157. The quantitative estimate of drug-likeness (QED) is 0.238. The van der Waals surface area contributed by atoms with Gasteiger partial charge in [0.05, 0.1) is 11.5 Å². The molecule has 1 aromatic heterocycles. The van der Waals surface area contributed by atoms with Crippen LogP contribution in [0.4, 0.5) is 0 Å². The van der Waals surface area contributed by atoms with E-state index in [1.165, 1.54) is 17.3 Å². The minimum atomic E-state index is -0.286. The number of amides is 1. The first-order valence-corrected chi connectivity index (χ1v) is 11.5. The van der Waals surface area contributed by atoms with Crippen LogP contribution in [0.25, 0.3) is 5.69 Å². The van der Waals surface area contributed by atoms with Gasteiger partial charge >= 0.3 is 0 Å². The van der Waals surface area contributed by atoms with E-state index in [0.717, 1.165) is 32.0 Å². The molecule has 0 bridgehead atoms. The van der Waals surface area contributed by atoms with Crippen LogP contribution in [-0.4, -0.2) is 21.9 Å². The number of nitrogens with zero attached hydrogens (tertiary/aromatic N) is 2. The SMILES string of the molecule is Cc1ccccc1-n1c(C)c(Br)c(/C=N\NC(=O)[C@@H](C)Sc2ccc(Cl)cc2)c1C. The second-order valence-corrected chi connectivity index (χ2v) is 9.61. The highest BCUT2D eigenvalue weighted by molar-refractivity contribution is 9.10. The Bertz CT molecular complexity index is 1090. The lowest BCUT2D eigenvalue weighted by atomic mass is 10.2. The number of rotatable bonds is 6. The molecule has 0 aliphatic rings. The van der Waals surface area contributed by atoms with Crippen molar-refractivity contribution in [2.75, 3.05) is 0 Å². The summed E-state index contributed by atoms with van der Waals surface area (Å²) in [6.45, 7) is 8.05. The number of halogens is 2. The summed E-state index contributed by atoms with van der Waals surface area (Å²) in [6.07, 6.45) is 1.69. The summed E-state index contributed by atoms with van der Waals surface area (Å²) in [5, 5.41) is 4.60. The maximum atomic E-state index is 12.4. The maximum absolute atomic E-state index is 12.4. The van der Waals surface area contributed by atoms with Crippen molar-refractivity contribution < 1.29 is 4.79 Å². The zero-order valence-electron chi connectivity index (χ0n) is 17.2. The zero-order valence-corrected chi connectivity index (χ0v) is 20.4. The van der Waals surface area contributed by atoms with Gasteiger partial charge in [0, 0.05) is 37.0 Å². The van der Waals surface area contributed by atoms with Crippen LogP contribution in [0.1, 0.15) is 29.4 Å². The van der Waals surface area contributed by atoms with Gasteiger partial charge in [0.15, 0.2) is 0 Å². The lowest BCUT2D eigenvalue weighted by Crippen LogP contribution is -2.26. The van der Waals surface area contributed by atoms with Gasteiger partial charge in [0.2, 0.25) is 0 Å².